The Morgan fingerprint density at radius 1 is 1.07 bits per heavy atom. The van der Waals surface area contributed by atoms with Gasteiger partial charge in [0.2, 0.25) is 5.43 Å². The smallest absolute Gasteiger partial charge is 0.411 e. The molecule has 3 rings (SSSR count). The van der Waals surface area contributed by atoms with Crippen molar-refractivity contribution >= 4 is 34.3 Å². The van der Waals surface area contributed by atoms with Gasteiger partial charge in [-0.25, -0.2) is 4.79 Å². The lowest BCUT2D eigenvalue weighted by Crippen LogP contribution is -2.22. The summed E-state index contributed by atoms with van der Waals surface area (Å²) < 4.78 is 4.65. The SMILES string of the molecule is COC(=O)Nc1cc(NC(=O)c2c[nH]c3ccccc3c2=O)ccc1C(C)C. The van der Waals surface area contributed by atoms with E-state index in [1.165, 1.54) is 13.3 Å². The number of ether oxygens (including phenoxy) is 1. The first-order valence-electron chi connectivity index (χ1n) is 8.81. The van der Waals surface area contributed by atoms with Gasteiger partial charge in [0, 0.05) is 28.5 Å². The van der Waals surface area contributed by atoms with E-state index in [2.05, 4.69) is 20.4 Å². The van der Waals surface area contributed by atoms with E-state index in [1.54, 1.807) is 30.3 Å². The van der Waals surface area contributed by atoms with Gasteiger partial charge in [0.15, 0.2) is 0 Å². The van der Waals surface area contributed by atoms with E-state index in [-0.39, 0.29) is 16.9 Å². The summed E-state index contributed by atoms with van der Waals surface area (Å²) in [4.78, 5) is 39.8. The van der Waals surface area contributed by atoms with E-state index >= 15 is 0 Å². The van der Waals surface area contributed by atoms with Gasteiger partial charge in [-0.1, -0.05) is 32.0 Å². The van der Waals surface area contributed by atoms with Crippen molar-refractivity contribution in [3.8, 4) is 0 Å². The first-order valence-corrected chi connectivity index (χ1v) is 8.81. The molecule has 28 heavy (non-hydrogen) atoms. The van der Waals surface area contributed by atoms with Crippen LogP contribution in [0, 0.1) is 0 Å². The van der Waals surface area contributed by atoms with E-state index in [1.807, 2.05) is 26.0 Å². The molecule has 0 saturated heterocycles. The van der Waals surface area contributed by atoms with Crippen molar-refractivity contribution in [3.63, 3.8) is 0 Å². The van der Waals surface area contributed by atoms with Crippen LogP contribution in [0.15, 0.2) is 53.5 Å². The first kappa shape index (κ1) is 19.2. The number of aromatic amines is 1. The van der Waals surface area contributed by atoms with E-state index in [0.717, 1.165) is 5.56 Å². The number of methoxy groups -OCH3 is 1. The summed E-state index contributed by atoms with van der Waals surface area (Å²) in [5, 5.41) is 5.80. The number of aromatic nitrogens is 1. The van der Waals surface area contributed by atoms with Crippen LogP contribution < -0.4 is 16.1 Å². The number of H-pyrrole nitrogens is 1. The third-order valence-corrected chi connectivity index (χ3v) is 4.39. The lowest BCUT2D eigenvalue weighted by Gasteiger charge is -2.15. The molecule has 0 atom stereocenters. The second-order valence-corrected chi connectivity index (χ2v) is 6.60. The van der Waals surface area contributed by atoms with Gasteiger partial charge in [0.1, 0.15) is 5.56 Å². The van der Waals surface area contributed by atoms with Crippen molar-refractivity contribution in [3.05, 3.63) is 70.0 Å². The van der Waals surface area contributed by atoms with Crippen molar-refractivity contribution in [1.29, 1.82) is 0 Å². The number of benzene rings is 2. The highest BCUT2D eigenvalue weighted by atomic mass is 16.5. The van der Waals surface area contributed by atoms with Crippen LogP contribution in [0.25, 0.3) is 10.9 Å². The number of pyridine rings is 1. The highest BCUT2D eigenvalue weighted by Gasteiger charge is 2.15. The number of hydrogen-bond donors (Lipinski definition) is 3. The summed E-state index contributed by atoms with van der Waals surface area (Å²) in [5.41, 5.74) is 2.20. The molecule has 3 aromatic rings. The van der Waals surface area contributed by atoms with Gasteiger partial charge in [-0.3, -0.25) is 14.9 Å². The Hall–Kier alpha value is -3.61. The Bertz CT molecular complexity index is 1100. The molecule has 0 unspecified atom stereocenters. The van der Waals surface area contributed by atoms with Crippen LogP contribution in [-0.4, -0.2) is 24.1 Å². The monoisotopic (exact) mass is 379 g/mol. The van der Waals surface area contributed by atoms with Crippen molar-refractivity contribution in [2.75, 3.05) is 17.7 Å². The van der Waals surface area contributed by atoms with Gasteiger partial charge in [-0.05, 0) is 35.7 Å². The molecule has 2 aromatic carbocycles. The molecule has 0 aliphatic carbocycles. The molecule has 0 radical (unpaired) electrons. The zero-order valence-electron chi connectivity index (χ0n) is 15.8. The Morgan fingerprint density at radius 2 is 1.82 bits per heavy atom. The molecular weight excluding hydrogens is 358 g/mol. The third kappa shape index (κ3) is 3.88. The maximum absolute atomic E-state index is 12.6. The summed E-state index contributed by atoms with van der Waals surface area (Å²) in [5.74, 6) is -0.381. The van der Waals surface area contributed by atoms with Crippen LogP contribution in [0.4, 0.5) is 16.2 Å². The van der Waals surface area contributed by atoms with E-state index < -0.39 is 12.0 Å². The molecule has 144 valence electrons. The third-order valence-electron chi connectivity index (χ3n) is 4.39. The topological polar surface area (TPSA) is 100 Å². The molecule has 0 fully saturated rings. The molecule has 0 saturated carbocycles. The molecule has 0 spiro atoms. The maximum Gasteiger partial charge on any atom is 0.411 e. The van der Waals surface area contributed by atoms with Crippen LogP contribution in [0.2, 0.25) is 0 Å². The maximum atomic E-state index is 12.6. The lowest BCUT2D eigenvalue weighted by atomic mass is 10.0. The molecule has 2 amide bonds. The second-order valence-electron chi connectivity index (χ2n) is 6.60. The Morgan fingerprint density at radius 3 is 2.54 bits per heavy atom. The number of nitrogens with one attached hydrogen (secondary N) is 3. The van der Waals surface area contributed by atoms with Crippen molar-refractivity contribution < 1.29 is 14.3 Å². The summed E-state index contributed by atoms with van der Waals surface area (Å²) in [7, 11) is 1.28. The zero-order valence-corrected chi connectivity index (χ0v) is 15.8. The standard InChI is InChI=1S/C21H21N3O4/c1-12(2)14-9-8-13(10-18(14)24-21(27)28-3)23-20(26)16-11-22-17-7-5-4-6-15(17)19(16)25/h4-12H,1-3H3,(H,22,25)(H,23,26)(H,24,27). The van der Waals surface area contributed by atoms with Crippen LogP contribution in [0.3, 0.4) is 0 Å². The molecular formula is C21H21N3O4. The Balaban J connectivity index is 1.92. The van der Waals surface area contributed by atoms with Crippen LogP contribution in [-0.2, 0) is 4.74 Å². The molecule has 0 aliphatic heterocycles. The minimum atomic E-state index is -0.601. The number of carbonyl (C=O) groups excluding carboxylic acids is 2. The minimum absolute atomic E-state index is 0.00844. The van der Waals surface area contributed by atoms with Gasteiger partial charge >= 0.3 is 6.09 Å². The highest BCUT2D eigenvalue weighted by molar-refractivity contribution is 6.06. The normalized spacial score (nSPS) is 10.7. The van der Waals surface area contributed by atoms with Crippen molar-refractivity contribution in [2.24, 2.45) is 0 Å². The fourth-order valence-electron chi connectivity index (χ4n) is 2.94. The molecule has 1 heterocycles. The predicted octanol–water partition coefficient (Wildman–Crippen LogP) is 4.08. The number of carbonyl (C=O) groups is 2. The van der Waals surface area contributed by atoms with Crippen LogP contribution >= 0.6 is 0 Å². The van der Waals surface area contributed by atoms with Crippen LogP contribution in [0.1, 0.15) is 35.7 Å². The molecule has 1 aromatic heterocycles. The molecule has 3 N–H and O–H groups in total. The quantitative estimate of drug-likeness (QED) is 0.636. The van der Waals surface area contributed by atoms with E-state index in [4.69, 9.17) is 0 Å². The summed E-state index contributed by atoms with van der Waals surface area (Å²) in [6.45, 7) is 3.98. The number of rotatable bonds is 4. The number of amides is 2. The largest absolute Gasteiger partial charge is 0.453 e. The van der Waals surface area contributed by atoms with Gasteiger partial charge < -0.3 is 15.0 Å². The molecule has 7 heteroatoms. The van der Waals surface area contributed by atoms with Crippen LogP contribution in [0.5, 0.6) is 0 Å². The van der Waals surface area contributed by atoms with E-state index in [0.29, 0.717) is 22.3 Å². The van der Waals surface area contributed by atoms with E-state index in [9.17, 15) is 14.4 Å². The fourth-order valence-corrected chi connectivity index (χ4v) is 2.94. The van der Waals surface area contributed by atoms with Crippen molar-refractivity contribution in [2.45, 2.75) is 19.8 Å². The number of fused-ring (bicyclic) bond motifs is 1. The number of anilines is 2. The first-order chi connectivity index (χ1) is 13.4. The van der Waals surface area contributed by atoms with Gasteiger partial charge in [-0.2, -0.15) is 0 Å². The summed E-state index contributed by atoms with van der Waals surface area (Å²) in [6, 6.07) is 12.2. The molecule has 0 aliphatic rings. The van der Waals surface area contributed by atoms with Gasteiger partial charge in [-0.15, -0.1) is 0 Å². The average molecular weight is 379 g/mol. The average Bonchev–Trinajstić information content (AvgIpc) is 2.68. The zero-order chi connectivity index (χ0) is 20.3. The summed E-state index contributed by atoms with van der Waals surface area (Å²) >= 11 is 0. The van der Waals surface area contributed by atoms with Crippen molar-refractivity contribution in [1.82, 2.24) is 4.98 Å². The van der Waals surface area contributed by atoms with Gasteiger partial charge in [0.05, 0.1) is 7.11 Å². The second kappa shape index (κ2) is 7.96. The molecule has 7 nitrogen and oxygen atoms in total. The Labute approximate surface area is 161 Å². The highest BCUT2D eigenvalue weighted by Crippen LogP contribution is 2.28. The number of para-hydroxylation sites is 1. The lowest BCUT2D eigenvalue weighted by molar-refractivity contribution is 0.102. The fraction of sp³-hybridized carbons (Fsp3) is 0.190. The predicted molar refractivity (Wildman–Crippen MR) is 109 cm³/mol. The summed E-state index contributed by atoms with van der Waals surface area (Å²) in [6.07, 6.45) is 0.798. The Kier molecular flexibility index (Phi) is 5.44. The van der Waals surface area contributed by atoms with Gasteiger partial charge in [0.25, 0.3) is 5.91 Å². The minimum Gasteiger partial charge on any atom is -0.453 e. The molecule has 0 bridgehead atoms. The number of hydrogen-bond acceptors (Lipinski definition) is 4.